The van der Waals surface area contributed by atoms with Crippen molar-refractivity contribution < 1.29 is 14.3 Å². The van der Waals surface area contributed by atoms with Crippen molar-refractivity contribution in [2.45, 2.75) is 27.4 Å². The molecule has 4 aromatic rings. The Labute approximate surface area is 187 Å². The molecule has 0 spiro atoms. The minimum absolute atomic E-state index is 0.0571. The predicted octanol–water partition coefficient (Wildman–Crippen LogP) is 5.98. The fraction of sp³-hybridized carbons (Fsp3) is 0.192. The number of nitrogens with one attached hydrogen (secondary N) is 1. The number of aryl methyl sites for hydroxylation is 2. The van der Waals surface area contributed by atoms with E-state index in [9.17, 15) is 4.79 Å². The average molecular weight is 428 g/mol. The summed E-state index contributed by atoms with van der Waals surface area (Å²) in [4.78, 5) is 21.4. The van der Waals surface area contributed by atoms with Crippen molar-refractivity contribution in [2.24, 2.45) is 0 Å². The molecule has 0 radical (unpaired) electrons. The number of carbonyl (C=O) groups excluding carboxylic acids is 1. The van der Waals surface area contributed by atoms with Gasteiger partial charge in [-0.25, -0.2) is 4.79 Å². The molecule has 4 rings (SSSR count). The molecule has 0 aliphatic rings. The zero-order valence-electron chi connectivity index (χ0n) is 18.6. The van der Waals surface area contributed by atoms with Crippen LogP contribution in [0.4, 0.5) is 10.5 Å². The average Bonchev–Trinajstić information content (AvgIpc) is 2.78. The molecule has 32 heavy (non-hydrogen) atoms. The third-order valence-electron chi connectivity index (χ3n) is 5.34. The summed E-state index contributed by atoms with van der Waals surface area (Å²) in [6.07, 6.45) is 3.02. The number of pyridine rings is 2. The molecule has 0 aliphatic heterocycles. The Morgan fingerprint density at radius 1 is 0.969 bits per heavy atom. The molecule has 6 nitrogen and oxygen atoms in total. The smallest absolute Gasteiger partial charge is 0.412 e. The highest BCUT2D eigenvalue weighted by Crippen LogP contribution is 2.27. The second-order valence-corrected chi connectivity index (χ2v) is 7.75. The van der Waals surface area contributed by atoms with Gasteiger partial charge in [-0.1, -0.05) is 24.3 Å². The summed E-state index contributed by atoms with van der Waals surface area (Å²) in [6.45, 7) is 5.87. The largest absolute Gasteiger partial charge is 0.496 e. The SMILES string of the molecule is COc1c(C)cnc(COC(=O)Nc2cc(C)cc(-c3cnc4ccccc4c3)c2)c1C. The second-order valence-electron chi connectivity index (χ2n) is 7.75. The van der Waals surface area contributed by atoms with Gasteiger partial charge in [0.15, 0.2) is 0 Å². The Kier molecular flexibility index (Phi) is 6.03. The summed E-state index contributed by atoms with van der Waals surface area (Å²) < 4.78 is 10.8. The van der Waals surface area contributed by atoms with Crippen LogP contribution in [0.1, 0.15) is 22.4 Å². The van der Waals surface area contributed by atoms with Gasteiger partial charge in [0, 0.05) is 40.2 Å². The second kappa shape index (κ2) is 9.06. The van der Waals surface area contributed by atoms with Crippen LogP contribution in [0.2, 0.25) is 0 Å². The zero-order chi connectivity index (χ0) is 22.7. The van der Waals surface area contributed by atoms with E-state index in [0.717, 1.165) is 44.5 Å². The van der Waals surface area contributed by atoms with Gasteiger partial charge in [0.2, 0.25) is 0 Å². The third-order valence-corrected chi connectivity index (χ3v) is 5.34. The van der Waals surface area contributed by atoms with E-state index in [1.165, 1.54) is 0 Å². The number of anilines is 1. The summed E-state index contributed by atoms with van der Waals surface area (Å²) in [6, 6.07) is 16.0. The minimum Gasteiger partial charge on any atom is -0.496 e. The summed E-state index contributed by atoms with van der Waals surface area (Å²) in [7, 11) is 1.62. The Bertz CT molecular complexity index is 1300. The standard InChI is InChI=1S/C26H25N3O3/c1-16-9-20(21-11-19-7-5-6-8-23(19)28-14-21)12-22(10-16)29-26(30)32-15-24-18(3)25(31-4)17(2)13-27-24/h5-14H,15H2,1-4H3,(H,29,30). The number of aromatic nitrogens is 2. The van der Waals surface area contributed by atoms with E-state index in [1.54, 1.807) is 13.3 Å². The van der Waals surface area contributed by atoms with Gasteiger partial charge in [0.05, 0.1) is 18.3 Å². The maximum Gasteiger partial charge on any atom is 0.412 e. The number of hydrogen-bond acceptors (Lipinski definition) is 5. The number of benzene rings is 2. The first kappa shape index (κ1) is 21.3. The van der Waals surface area contributed by atoms with E-state index in [2.05, 4.69) is 27.4 Å². The number of carbonyl (C=O) groups is 1. The highest BCUT2D eigenvalue weighted by molar-refractivity contribution is 5.88. The Hall–Kier alpha value is -3.93. The number of fused-ring (bicyclic) bond motifs is 1. The molecule has 1 N–H and O–H groups in total. The van der Waals surface area contributed by atoms with Crippen LogP contribution in [0.3, 0.4) is 0 Å². The third kappa shape index (κ3) is 4.54. The van der Waals surface area contributed by atoms with Crippen molar-refractivity contribution in [3.8, 4) is 16.9 Å². The normalized spacial score (nSPS) is 10.8. The summed E-state index contributed by atoms with van der Waals surface area (Å²) in [5.74, 6) is 0.756. The number of hydrogen-bond donors (Lipinski definition) is 1. The highest BCUT2D eigenvalue weighted by atomic mass is 16.5. The molecule has 2 aromatic carbocycles. The van der Waals surface area contributed by atoms with Crippen LogP contribution in [0.5, 0.6) is 5.75 Å². The van der Waals surface area contributed by atoms with E-state index < -0.39 is 6.09 Å². The summed E-state index contributed by atoms with van der Waals surface area (Å²) in [5, 5.41) is 3.89. The maximum absolute atomic E-state index is 12.4. The Balaban J connectivity index is 1.50. The van der Waals surface area contributed by atoms with Gasteiger partial charge in [0.1, 0.15) is 12.4 Å². The fourth-order valence-corrected chi connectivity index (χ4v) is 3.76. The van der Waals surface area contributed by atoms with Gasteiger partial charge >= 0.3 is 6.09 Å². The molecule has 0 bridgehead atoms. The van der Waals surface area contributed by atoms with E-state index in [1.807, 2.05) is 63.4 Å². The first-order valence-corrected chi connectivity index (χ1v) is 10.3. The number of para-hydroxylation sites is 1. The molecule has 0 aliphatic carbocycles. The predicted molar refractivity (Wildman–Crippen MR) is 126 cm³/mol. The van der Waals surface area contributed by atoms with Crippen LogP contribution in [0.15, 0.2) is 60.9 Å². The molecule has 2 heterocycles. The lowest BCUT2D eigenvalue weighted by molar-refractivity contribution is 0.153. The Morgan fingerprint density at radius 3 is 2.59 bits per heavy atom. The van der Waals surface area contributed by atoms with Gasteiger partial charge in [-0.15, -0.1) is 0 Å². The van der Waals surface area contributed by atoms with Gasteiger partial charge < -0.3 is 9.47 Å². The molecule has 0 unspecified atom stereocenters. The molecule has 0 saturated carbocycles. The van der Waals surface area contributed by atoms with Crippen molar-refractivity contribution in [1.82, 2.24) is 9.97 Å². The lowest BCUT2D eigenvalue weighted by atomic mass is 10.0. The van der Waals surface area contributed by atoms with Crippen LogP contribution in [-0.4, -0.2) is 23.2 Å². The summed E-state index contributed by atoms with van der Waals surface area (Å²) >= 11 is 0. The van der Waals surface area contributed by atoms with Crippen molar-refractivity contribution in [1.29, 1.82) is 0 Å². The molecule has 0 saturated heterocycles. The van der Waals surface area contributed by atoms with Crippen LogP contribution < -0.4 is 10.1 Å². The van der Waals surface area contributed by atoms with Crippen molar-refractivity contribution >= 4 is 22.7 Å². The number of ether oxygens (including phenoxy) is 2. The molecular formula is C26H25N3O3. The van der Waals surface area contributed by atoms with E-state index in [4.69, 9.17) is 9.47 Å². The Morgan fingerprint density at radius 2 is 1.78 bits per heavy atom. The van der Waals surface area contributed by atoms with E-state index >= 15 is 0 Å². The molecule has 0 atom stereocenters. The molecule has 6 heteroatoms. The van der Waals surface area contributed by atoms with Crippen molar-refractivity contribution in [2.75, 3.05) is 12.4 Å². The van der Waals surface area contributed by atoms with Crippen LogP contribution >= 0.6 is 0 Å². The number of nitrogens with zero attached hydrogens (tertiary/aromatic N) is 2. The zero-order valence-corrected chi connectivity index (χ0v) is 18.6. The molecule has 1 amide bonds. The van der Waals surface area contributed by atoms with E-state index in [-0.39, 0.29) is 6.61 Å². The molecule has 2 aromatic heterocycles. The lowest BCUT2D eigenvalue weighted by Gasteiger charge is -2.13. The van der Waals surface area contributed by atoms with Gasteiger partial charge in [-0.05, 0) is 56.2 Å². The molecule has 162 valence electrons. The van der Waals surface area contributed by atoms with Crippen LogP contribution in [0.25, 0.3) is 22.0 Å². The molecular weight excluding hydrogens is 402 g/mol. The number of methoxy groups -OCH3 is 1. The number of amides is 1. The molecule has 0 fully saturated rings. The quantitative estimate of drug-likeness (QED) is 0.424. The van der Waals surface area contributed by atoms with Crippen molar-refractivity contribution in [3.63, 3.8) is 0 Å². The summed E-state index contributed by atoms with van der Waals surface area (Å²) in [5.41, 5.74) is 7.04. The monoisotopic (exact) mass is 427 g/mol. The highest BCUT2D eigenvalue weighted by Gasteiger charge is 2.12. The first-order chi connectivity index (χ1) is 15.4. The lowest BCUT2D eigenvalue weighted by Crippen LogP contribution is -2.15. The fourth-order valence-electron chi connectivity index (χ4n) is 3.76. The first-order valence-electron chi connectivity index (χ1n) is 10.3. The van der Waals surface area contributed by atoms with Gasteiger partial charge in [0.25, 0.3) is 0 Å². The minimum atomic E-state index is -0.543. The van der Waals surface area contributed by atoms with Crippen molar-refractivity contribution in [3.05, 3.63) is 83.3 Å². The van der Waals surface area contributed by atoms with Crippen LogP contribution in [-0.2, 0) is 11.3 Å². The topological polar surface area (TPSA) is 73.3 Å². The number of rotatable bonds is 5. The maximum atomic E-state index is 12.4. The van der Waals surface area contributed by atoms with Gasteiger partial charge in [-0.3, -0.25) is 15.3 Å². The van der Waals surface area contributed by atoms with Gasteiger partial charge in [-0.2, -0.15) is 0 Å². The van der Waals surface area contributed by atoms with E-state index in [0.29, 0.717) is 11.4 Å². The van der Waals surface area contributed by atoms with Crippen LogP contribution in [0, 0.1) is 20.8 Å².